The lowest BCUT2D eigenvalue weighted by Crippen LogP contribution is -3.16. The van der Waals surface area contributed by atoms with Crippen LogP contribution in [0.15, 0.2) is 24.3 Å². The number of quaternary nitrogens is 1. The van der Waals surface area contributed by atoms with Crippen molar-refractivity contribution in [1.29, 1.82) is 0 Å². The molecular formula is C25H40N3O2+. The van der Waals surface area contributed by atoms with Crippen molar-refractivity contribution in [3.05, 3.63) is 29.8 Å². The molecule has 1 amide bonds. The summed E-state index contributed by atoms with van der Waals surface area (Å²) >= 11 is 0. The number of hydrogen-bond donors (Lipinski definition) is 2. The third-order valence-electron chi connectivity index (χ3n) is 8.00. The minimum absolute atomic E-state index is 0.210. The largest absolute Gasteiger partial charge is 0.389 e. The molecule has 0 spiro atoms. The molecule has 3 fully saturated rings. The van der Waals surface area contributed by atoms with E-state index in [9.17, 15) is 9.90 Å². The van der Waals surface area contributed by atoms with Crippen LogP contribution in [0.5, 0.6) is 0 Å². The second kappa shape index (κ2) is 9.27. The van der Waals surface area contributed by atoms with Crippen LogP contribution in [0.25, 0.3) is 0 Å². The summed E-state index contributed by atoms with van der Waals surface area (Å²) in [5, 5.41) is 11.5. The second-order valence-corrected chi connectivity index (χ2v) is 9.62. The quantitative estimate of drug-likeness (QED) is 0.752. The minimum Gasteiger partial charge on any atom is -0.389 e. The van der Waals surface area contributed by atoms with Gasteiger partial charge in [-0.25, -0.2) is 0 Å². The number of carbonyl (C=O) groups excluding carboxylic acids is 1. The summed E-state index contributed by atoms with van der Waals surface area (Å²) in [6.07, 6.45) is 7.41. The number of aliphatic hydroxyl groups is 1. The van der Waals surface area contributed by atoms with E-state index in [4.69, 9.17) is 0 Å². The number of nitrogens with zero attached hydrogens (tertiary/aromatic N) is 2. The van der Waals surface area contributed by atoms with Gasteiger partial charge in [0.05, 0.1) is 12.1 Å². The fraction of sp³-hybridized carbons (Fsp3) is 0.720. The molecule has 0 radical (unpaired) electrons. The van der Waals surface area contributed by atoms with Crippen molar-refractivity contribution in [3.63, 3.8) is 0 Å². The number of piperidine rings is 1. The van der Waals surface area contributed by atoms with Gasteiger partial charge in [0, 0.05) is 49.8 Å². The molecule has 5 nitrogen and oxygen atoms in total. The Labute approximate surface area is 182 Å². The molecule has 2 aliphatic heterocycles. The molecule has 2 saturated heterocycles. The number of anilines is 1. The van der Waals surface area contributed by atoms with E-state index in [0.29, 0.717) is 12.5 Å². The molecule has 4 atom stereocenters. The highest BCUT2D eigenvalue weighted by atomic mass is 16.3. The fourth-order valence-electron chi connectivity index (χ4n) is 6.27. The standard InChI is InChI=1S/C25H39N3O2/c1-3-26(4-2)21-12-10-20(11-13-21)24-22-9-5-6-14-25(22,30)15-18-28(24)19-23(29)27-16-7-8-17-27/h10-13,22,24,30H,3-9,14-19H2,1-2H3/p+1/t22-,24-,25-/m0/s1. The number of nitrogens with one attached hydrogen (secondary N) is 1. The molecule has 0 aromatic heterocycles. The first-order valence-electron chi connectivity index (χ1n) is 12.3. The molecule has 1 unspecified atom stereocenters. The average Bonchev–Trinajstić information content (AvgIpc) is 3.30. The maximum atomic E-state index is 13.0. The average molecular weight is 415 g/mol. The van der Waals surface area contributed by atoms with Crippen molar-refractivity contribution in [1.82, 2.24) is 4.90 Å². The molecule has 1 aliphatic carbocycles. The predicted molar refractivity (Wildman–Crippen MR) is 121 cm³/mol. The molecule has 1 aromatic carbocycles. The third kappa shape index (κ3) is 4.24. The van der Waals surface area contributed by atoms with Gasteiger partial charge in [0.2, 0.25) is 0 Å². The van der Waals surface area contributed by atoms with Gasteiger partial charge in [-0.15, -0.1) is 0 Å². The molecule has 1 aromatic rings. The third-order valence-corrected chi connectivity index (χ3v) is 8.00. The summed E-state index contributed by atoms with van der Waals surface area (Å²) in [4.78, 5) is 18.8. The van der Waals surface area contributed by atoms with Gasteiger partial charge in [0.25, 0.3) is 5.91 Å². The van der Waals surface area contributed by atoms with E-state index >= 15 is 0 Å². The number of fused-ring (bicyclic) bond motifs is 1. The molecule has 166 valence electrons. The van der Waals surface area contributed by atoms with Gasteiger partial charge in [-0.2, -0.15) is 0 Å². The Morgan fingerprint density at radius 1 is 1.10 bits per heavy atom. The van der Waals surface area contributed by atoms with Crippen LogP contribution >= 0.6 is 0 Å². The van der Waals surface area contributed by atoms with Crippen molar-refractivity contribution >= 4 is 11.6 Å². The van der Waals surface area contributed by atoms with Crippen LogP contribution in [0.1, 0.15) is 70.4 Å². The Balaban J connectivity index is 1.60. The van der Waals surface area contributed by atoms with Gasteiger partial charge in [-0.3, -0.25) is 4.79 Å². The highest BCUT2D eigenvalue weighted by Gasteiger charge is 2.52. The molecule has 3 aliphatic rings. The van der Waals surface area contributed by atoms with E-state index in [0.717, 1.165) is 71.2 Å². The molecule has 30 heavy (non-hydrogen) atoms. The summed E-state index contributed by atoms with van der Waals surface area (Å²) in [5.41, 5.74) is 1.99. The van der Waals surface area contributed by atoms with Crippen molar-refractivity contribution in [2.75, 3.05) is 44.2 Å². The lowest BCUT2D eigenvalue weighted by molar-refractivity contribution is -0.938. The van der Waals surface area contributed by atoms with Crippen LogP contribution < -0.4 is 9.80 Å². The van der Waals surface area contributed by atoms with Crippen LogP contribution in [-0.4, -0.2) is 60.8 Å². The zero-order valence-electron chi connectivity index (χ0n) is 18.9. The Morgan fingerprint density at radius 3 is 2.47 bits per heavy atom. The molecular weight excluding hydrogens is 374 g/mol. The van der Waals surface area contributed by atoms with Gasteiger partial charge < -0.3 is 19.8 Å². The molecule has 0 bridgehead atoms. The first kappa shape index (κ1) is 21.6. The first-order chi connectivity index (χ1) is 14.6. The van der Waals surface area contributed by atoms with Crippen LogP contribution in [0, 0.1) is 5.92 Å². The molecule has 2 N–H and O–H groups in total. The summed E-state index contributed by atoms with van der Waals surface area (Å²) in [5.74, 6) is 0.550. The first-order valence-corrected chi connectivity index (χ1v) is 12.3. The number of benzene rings is 1. The minimum atomic E-state index is -0.555. The van der Waals surface area contributed by atoms with Crippen LogP contribution in [0.3, 0.4) is 0 Å². The van der Waals surface area contributed by atoms with E-state index in [1.807, 2.05) is 0 Å². The van der Waals surface area contributed by atoms with E-state index in [1.165, 1.54) is 22.6 Å². The number of likely N-dealkylation sites (tertiary alicyclic amines) is 2. The van der Waals surface area contributed by atoms with Gasteiger partial charge in [0.1, 0.15) is 6.04 Å². The second-order valence-electron chi connectivity index (χ2n) is 9.62. The Kier molecular flexibility index (Phi) is 6.69. The van der Waals surface area contributed by atoms with Gasteiger partial charge in [0.15, 0.2) is 6.54 Å². The predicted octanol–water partition coefficient (Wildman–Crippen LogP) is 2.41. The van der Waals surface area contributed by atoms with Crippen molar-refractivity contribution in [2.45, 2.75) is 70.4 Å². The molecule has 4 rings (SSSR count). The van der Waals surface area contributed by atoms with Crippen molar-refractivity contribution in [2.24, 2.45) is 5.92 Å². The Morgan fingerprint density at radius 2 is 1.80 bits per heavy atom. The molecule has 1 saturated carbocycles. The molecule has 2 heterocycles. The van der Waals surface area contributed by atoms with Gasteiger partial charge in [-0.05, 0) is 51.7 Å². The summed E-state index contributed by atoms with van der Waals surface area (Å²) < 4.78 is 0. The SMILES string of the molecule is CCN(CC)c1ccc([C@H]2[C@@H]3CCCC[C@]3(O)CC[NH+]2CC(=O)N2CCCC2)cc1. The van der Waals surface area contributed by atoms with Crippen LogP contribution in [-0.2, 0) is 4.79 Å². The summed E-state index contributed by atoms with van der Waals surface area (Å²) in [6.45, 7) is 9.68. The van der Waals surface area contributed by atoms with E-state index in [1.54, 1.807) is 0 Å². The highest BCUT2D eigenvalue weighted by molar-refractivity contribution is 5.77. The smallest absolute Gasteiger partial charge is 0.277 e. The zero-order chi connectivity index (χ0) is 21.1. The van der Waals surface area contributed by atoms with Crippen molar-refractivity contribution in [3.8, 4) is 0 Å². The maximum Gasteiger partial charge on any atom is 0.277 e. The van der Waals surface area contributed by atoms with Gasteiger partial charge >= 0.3 is 0 Å². The summed E-state index contributed by atoms with van der Waals surface area (Å²) in [6, 6.07) is 9.21. The van der Waals surface area contributed by atoms with E-state index in [-0.39, 0.29) is 12.0 Å². The van der Waals surface area contributed by atoms with E-state index < -0.39 is 5.60 Å². The van der Waals surface area contributed by atoms with Crippen LogP contribution in [0.4, 0.5) is 5.69 Å². The zero-order valence-corrected chi connectivity index (χ0v) is 18.9. The molecule has 5 heteroatoms. The normalized spacial score (nSPS) is 31.4. The number of amides is 1. The van der Waals surface area contributed by atoms with E-state index in [2.05, 4.69) is 47.9 Å². The number of hydrogen-bond acceptors (Lipinski definition) is 3. The Bertz CT molecular complexity index is 712. The lowest BCUT2D eigenvalue weighted by Gasteiger charge is -2.50. The monoisotopic (exact) mass is 414 g/mol. The fourth-order valence-corrected chi connectivity index (χ4v) is 6.27. The number of rotatable bonds is 6. The maximum absolute atomic E-state index is 13.0. The Hall–Kier alpha value is -1.59. The summed E-state index contributed by atoms with van der Waals surface area (Å²) in [7, 11) is 0. The van der Waals surface area contributed by atoms with Crippen LogP contribution in [0.2, 0.25) is 0 Å². The lowest BCUT2D eigenvalue weighted by atomic mass is 9.66. The topological polar surface area (TPSA) is 48.2 Å². The highest BCUT2D eigenvalue weighted by Crippen LogP contribution is 2.44. The number of carbonyl (C=O) groups is 1. The van der Waals surface area contributed by atoms with Gasteiger partial charge in [-0.1, -0.05) is 25.0 Å². The van der Waals surface area contributed by atoms with Crippen molar-refractivity contribution < 1.29 is 14.8 Å².